The molecule has 6 nitrogen and oxygen atoms in total. The molecule has 3 heterocycles. The fraction of sp³-hybridized carbons (Fsp3) is 0.562. The molecule has 0 aliphatic carbocycles. The van der Waals surface area contributed by atoms with Crippen LogP contribution in [0.15, 0.2) is 12.3 Å². The number of fused-ring (bicyclic) bond motifs is 1. The molecule has 118 valence electrons. The zero-order chi connectivity index (χ0) is 15.7. The van der Waals surface area contributed by atoms with Gasteiger partial charge in [0.1, 0.15) is 0 Å². The van der Waals surface area contributed by atoms with Crippen molar-refractivity contribution in [1.82, 2.24) is 19.7 Å². The quantitative estimate of drug-likeness (QED) is 0.932. The average molecular weight is 302 g/mol. The molecule has 0 spiro atoms. The lowest BCUT2D eigenvalue weighted by Gasteiger charge is -2.25. The minimum absolute atomic E-state index is 0.0592. The van der Waals surface area contributed by atoms with E-state index >= 15 is 0 Å². The minimum Gasteiger partial charge on any atom is -0.396 e. The molecule has 3 rings (SSSR count). The first kappa shape index (κ1) is 15.0. The summed E-state index contributed by atoms with van der Waals surface area (Å²) in [5.41, 5.74) is 2.26. The number of hydrogen-bond acceptors (Lipinski definition) is 4. The van der Waals surface area contributed by atoms with E-state index in [9.17, 15) is 4.79 Å². The lowest BCUT2D eigenvalue weighted by atomic mass is 10.1. The van der Waals surface area contributed by atoms with E-state index in [2.05, 4.69) is 10.1 Å². The Bertz CT molecular complexity index is 695. The normalized spacial score (nSPS) is 18.3. The number of likely N-dealkylation sites (tertiary alicyclic amines) is 1. The van der Waals surface area contributed by atoms with Crippen molar-refractivity contribution in [3.05, 3.63) is 23.5 Å². The molecular formula is C16H22N4O2. The van der Waals surface area contributed by atoms with Gasteiger partial charge in [0, 0.05) is 31.9 Å². The van der Waals surface area contributed by atoms with Gasteiger partial charge >= 0.3 is 0 Å². The molecule has 6 heteroatoms. The van der Waals surface area contributed by atoms with Gasteiger partial charge in [-0.25, -0.2) is 4.98 Å². The Morgan fingerprint density at radius 3 is 3.09 bits per heavy atom. The molecule has 2 aromatic heterocycles. The Morgan fingerprint density at radius 2 is 2.32 bits per heavy atom. The molecule has 1 saturated heterocycles. The van der Waals surface area contributed by atoms with Gasteiger partial charge in [-0.05, 0) is 38.7 Å². The molecular weight excluding hydrogens is 280 g/mol. The van der Waals surface area contributed by atoms with Crippen LogP contribution in [-0.2, 0) is 7.05 Å². The van der Waals surface area contributed by atoms with Crippen LogP contribution in [-0.4, -0.2) is 49.9 Å². The van der Waals surface area contributed by atoms with Gasteiger partial charge in [-0.2, -0.15) is 5.10 Å². The highest BCUT2D eigenvalue weighted by molar-refractivity contribution is 6.05. The van der Waals surface area contributed by atoms with Crippen molar-refractivity contribution in [2.45, 2.75) is 38.6 Å². The zero-order valence-electron chi connectivity index (χ0n) is 13.1. The SMILES string of the molecule is Cc1cc(C(=O)N2CCCC2CCCO)c2cnn(C)c2n1. The first-order valence-corrected chi connectivity index (χ1v) is 7.83. The van der Waals surface area contributed by atoms with Gasteiger partial charge in [0.2, 0.25) is 0 Å². The van der Waals surface area contributed by atoms with Crippen molar-refractivity contribution in [2.75, 3.05) is 13.2 Å². The lowest BCUT2D eigenvalue weighted by Crippen LogP contribution is -2.35. The number of aliphatic hydroxyl groups excluding tert-OH is 1. The van der Waals surface area contributed by atoms with Gasteiger partial charge < -0.3 is 10.0 Å². The van der Waals surface area contributed by atoms with Gasteiger partial charge in [0.05, 0.1) is 17.1 Å². The summed E-state index contributed by atoms with van der Waals surface area (Å²) in [7, 11) is 1.84. The number of carbonyl (C=O) groups excluding carboxylic acids is 1. The summed E-state index contributed by atoms with van der Waals surface area (Å²) >= 11 is 0. The standard InChI is InChI=1S/C16H22N4O2/c1-11-9-13(14-10-17-19(2)15(14)18-11)16(22)20-7-3-5-12(20)6-4-8-21/h9-10,12,21H,3-8H2,1-2H3. The van der Waals surface area contributed by atoms with Crippen molar-refractivity contribution in [2.24, 2.45) is 7.05 Å². The summed E-state index contributed by atoms with van der Waals surface area (Å²) in [6.07, 6.45) is 5.37. The molecule has 1 unspecified atom stereocenters. The number of carbonyl (C=O) groups is 1. The lowest BCUT2D eigenvalue weighted by molar-refractivity contribution is 0.0726. The fourth-order valence-electron chi connectivity index (χ4n) is 3.30. The number of hydrogen-bond donors (Lipinski definition) is 1. The third kappa shape index (κ3) is 2.59. The van der Waals surface area contributed by atoms with E-state index in [0.29, 0.717) is 5.56 Å². The second-order valence-electron chi connectivity index (χ2n) is 5.98. The van der Waals surface area contributed by atoms with E-state index < -0.39 is 0 Å². The largest absolute Gasteiger partial charge is 0.396 e. The van der Waals surface area contributed by atoms with Gasteiger partial charge in [-0.15, -0.1) is 0 Å². The fourth-order valence-corrected chi connectivity index (χ4v) is 3.30. The number of aliphatic hydroxyl groups is 1. The minimum atomic E-state index is 0.0592. The number of rotatable bonds is 4. The van der Waals surface area contributed by atoms with Gasteiger partial charge in [-0.1, -0.05) is 0 Å². The van der Waals surface area contributed by atoms with E-state index in [-0.39, 0.29) is 18.6 Å². The van der Waals surface area contributed by atoms with E-state index in [1.165, 1.54) is 0 Å². The highest BCUT2D eigenvalue weighted by Gasteiger charge is 2.30. The van der Waals surface area contributed by atoms with Gasteiger partial charge in [0.15, 0.2) is 5.65 Å². The van der Waals surface area contributed by atoms with Crippen LogP contribution in [0.2, 0.25) is 0 Å². The van der Waals surface area contributed by atoms with Crippen LogP contribution in [0.25, 0.3) is 11.0 Å². The molecule has 0 saturated carbocycles. The molecule has 1 aliphatic heterocycles. The molecule has 1 amide bonds. The van der Waals surface area contributed by atoms with E-state index in [1.54, 1.807) is 10.9 Å². The van der Waals surface area contributed by atoms with Gasteiger partial charge in [-0.3, -0.25) is 9.48 Å². The predicted molar refractivity (Wildman–Crippen MR) is 83.6 cm³/mol. The Balaban J connectivity index is 1.95. The van der Waals surface area contributed by atoms with Crippen LogP contribution in [0.5, 0.6) is 0 Å². The summed E-state index contributed by atoms with van der Waals surface area (Å²) in [5.74, 6) is 0.0592. The van der Waals surface area contributed by atoms with Crippen LogP contribution in [0, 0.1) is 6.92 Å². The average Bonchev–Trinajstić information content (AvgIpc) is 3.11. The van der Waals surface area contributed by atoms with E-state index in [4.69, 9.17) is 5.11 Å². The predicted octanol–water partition coefficient (Wildman–Crippen LogP) is 1.65. The van der Waals surface area contributed by atoms with E-state index in [1.807, 2.05) is 24.9 Å². The monoisotopic (exact) mass is 302 g/mol. The maximum absolute atomic E-state index is 13.0. The third-order valence-electron chi connectivity index (χ3n) is 4.40. The number of pyridine rings is 1. The van der Waals surface area contributed by atoms with Crippen LogP contribution in [0.4, 0.5) is 0 Å². The van der Waals surface area contributed by atoms with Gasteiger partial charge in [0.25, 0.3) is 5.91 Å². The van der Waals surface area contributed by atoms with Crippen molar-refractivity contribution < 1.29 is 9.90 Å². The smallest absolute Gasteiger partial charge is 0.254 e. The second kappa shape index (κ2) is 6.04. The first-order valence-electron chi connectivity index (χ1n) is 7.83. The van der Waals surface area contributed by atoms with Crippen LogP contribution >= 0.6 is 0 Å². The summed E-state index contributed by atoms with van der Waals surface area (Å²) in [4.78, 5) is 19.4. The van der Waals surface area contributed by atoms with Crippen molar-refractivity contribution in [3.8, 4) is 0 Å². The molecule has 22 heavy (non-hydrogen) atoms. The number of amides is 1. The highest BCUT2D eigenvalue weighted by Crippen LogP contribution is 2.26. The maximum atomic E-state index is 13.0. The number of aryl methyl sites for hydroxylation is 2. The van der Waals surface area contributed by atoms with Crippen molar-refractivity contribution in [1.29, 1.82) is 0 Å². The van der Waals surface area contributed by atoms with Crippen LogP contribution in [0.3, 0.4) is 0 Å². The molecule has 1 fully saturated rings. The summed E-state index contributed by atoms with van der Waals surface area (Å²) in [5, 5.41) is 14.1. The molecule has 2 aromatic rings. The molecule has 1 N–H and O–H groups in total. The molecule has 0 aromatic carbocycles. The Hall–Kier alpha value is -1.95. The zero-order valence-corrected chi connectivity index (χ0v) is 13.1. The molecule has 1 aliphatic rings. The number of aromatic nitrogens is 3. The topological polar surface area (TPSA) is 71.2 Å². The van der Waals surface area contributed by atoms with Crippen molar-refractivity contribution >= 4 is 16.9 Å². The third-order valence-corrected chi connectivity index (χ3v) is 4.40. The first-order chi connectivity index (χ1) is 10.6. The van der Waals surface area contributed by atoms with Crippen LogP contribution < -0.4 is 0 Å². The second-order valence-corrected chi connectivity index (χ2v) is 5.98. The Kier molecular flexibility index (Phi) is 4.11. The molecule has 1 atom stereocenters. The summed E-state index contributed by atoms with van der Waals surface area (Å²) < 4.78 is 1.70. The Morgan fingerprint density at radius 1 is 1.50 bits per heavy atom. The highest BCUT2D eigenvalue weighted by atomic mass is 16.3. The van der Waals surface area contributed by atoms with E-state index in [0.717, 1.165) is 49.0 Å². The maximum Gasteiger partial charge on any atom is 0.254 e. The summed E-state index contributed by atoms with van der Waals surface area (Å²) in [6, 6.07) is 2.09. The van der Waals surface area contributed by atoms with Crippen LogP contribution in [0.1, 0.15) is 41.7 Å². The van der Waals surface area contributed by atoms with Crippen molar-refractivity contribution in [3.63, 3.8) is 0 Å². The molecule has 0 bridgehead atoms. The summed E-state index contributed by atoms with van der Waals surface area (Å²) in [6.45, 7) is 2.87. The Labute approximate surface area is 129 Å². The molecule has 0 radical (unpaired) electrons. The number of nitrogens with zero attached hydrogens (tertiary/aromatic N) is 4.